The van der Waals surface area contributed by atoms with E-state index in [1.807, 2.05) is 24.4 Å². The smallest absolute Gasteiger partial charge is 0.292 e. The summed E-state index contributed by atoms with van der Waals surface area (Å²) < 4.78 is 4.88. The number of carbonyl (C=O) groups excluding carboxylic acids is 1. The number of aromatic nitrogens is 2. The summed E-state index contributed by atoms with van der Waals surface area (Å²) in [6.07, 6.45) is 9.50. The first-order valence-electron chi connectivity index (χ1n) is 10.1. The number of hydrogen-bond acceptors (Lipinski definition) is 6. The van der Waals surface area contributed by atoms with Crippen LogP contribution in [0.15, 0.2) is 47.2 Å². The molecule has 0 saturated heterocycles. The molecule has 0 aliphatic heterocycles. The van der Waals surface area contributed by atoms with Crippen molar-refractivity contribution in [2.24, 2.45) is 0 Å². The van der Waals surface area contributed by atoms with E-state index in [1.165, 1.54) is 38.4 Å². The Labute approximate surface area is 180 Å². The van der Waals surface area contributed by atoms with Crippen molar-refractivity contribution in [3.8, 4) is 11.1 Å². The maximum Gasteiger partial charge on any atom is 0.292 e. The SMILES string of the molecule is Nc1nc(C(=O)Nc2cc(-c3ccc(CNC4CCCCC4)nc3)ccc2Cl)co1. The van der Waals surface area contributed by atoms with Crippen molar-refractivity contribution in [3.63, 3.8) is 0 Å². The molecule has 7 nitrogen and oxygen atoms in total. The van der Waals surface area contributed by atoms with E-state index in [9.17, 15) is 4.79 Å². The number of pyridine rings is 1. The number of nitrogens with one attached hydrogen (secondary N) is 2. The van der Waals surface area contributed by atoms with Crippen molar-refractivity contribution < 1.29 is 9.21 Å². The third-order valence-electron chi connectivity index (χ3n) is 5.30. The van der Waals surface area contributed by atoms with Gasteiger partial charge in [0.15, 0.2) is 5.69 Å². The molecule has 0 spiro atoms. The molecular weight excluding hydrogens is 402 g/mol. The summed E-state index contributed by atoms with van der Waals surface area (Å²) >= 11 is 6.25. The molecule has 8 heteroatoms. The standard InChI is InChI=1S/C22H24ClN5O2/c23-18-9-7-14(10-19(18)27-21(29)20-13-30-22(24)28-20)15-6-8-17(25-11-15)12-26-16-4-2-1-3-5-16/h6-11,13,16,26H,1-5,12H2,(H2,24,28)(H,27,29). The number of nitrogens with zero attached hydrogens (tertiary/aromatic N) is 2. The summed E-state index contributed by atoms with van der Waals surface area (Å²) in [5, 5.41) is 6.76. The predicted octanol–water partition coefficient (Wildman–Crippen LogP) is 4.65. The van der Waals surface area contributed by atoms with E-state index < -0.39 is 5.91 Å². The first-order chi connectivity index (χ1) is 14.6. The van der Waals surface area contributed by atoms with E-state index in [1.54, 1.807) is 12.1 Å². The molecule has 3 aromatic rings. The minimum atomic E-state index is -0.447. The number of carbonyl (C=O) groups is 1. The highest BCUT2D eigenvalue weighted by atomic mass is 35.5. The van der Waals surface area contributed by atoms with Gasteiger partial charge in [-0.05, 0) is 36.6 Å². The van der Waals surface area contributed by atoms with Crippen LogP contribution in [0.4, 0.5) is 11.7 Å². The van der Waals surface area contributed by atoms with Gasteiger partial charge < -0.3 is 20.8 Å². The third-order valence-corrected chi connectivity index (χ3v) is 5.63. The second-order valence-corrected chi connectivity index (χ2v) is 7.88. The van der Waals surface area contributed by atoms with E-state index >= 15 is 0 Å². The Kier molecular flexibility index (Phi) is 6.30. The molecule has 4 N–H and O–H groups in total. The number of rotatable bonds is 6. The Balaban J connectivity index is 1.43. The van der Waals surface area contributed by atoms with Gasteiger partial charge in [-0.1, -0.05) is 43.0 Å². The number of benzene rings is 1. The second kappa shape index (κ2) is 9.28. The van der Waals surface area contributed by atoms with Crippen molar-refractivity contribution in [2.45, 2.75) is 44.7 Å². The summed E-state index contributed by atoms with van der Waals surface area (Å²) in [6.45, 7) is 0.772. The molecule has 0 atom stereocenters. The lowest BCUT2D eigenvalue weighted by Crippen LogP contribution is -2.30. The van der Waals surface area contributed by atoms with E-state index in [0.717, 1.165) is 23.4 Å². The Morgan fingerprint density at radius 2 is 1.97 bits per heavy atom. The number of anilines is 2. The number of amides is 1. The lowest BCUT2D eigenvalue weighted by molar-refractivity contribution is 0.102. The van der Waals surface area contributed by atoms with Crippen LogP contribution in [0.1, 0.15) is 48.3 Å². The van der Waals surface area contributed by atoms with Crippen LogP contribution in [0.5, 0.6) is 0 Å². The van der Waals surface area contributed by atoms with Crippen LogP contribution < -0.4 is 16.4 Å². The highest BCUT2D eigenvalue weighted by Crippen LogP contribution is 2.29. The zero-order valence-electron chi connectivity index (χ0n) is 16.5. The van der Waals surface area contributed by atoms with Crippen LogP contribution in [0.25, 0.3) is 11.1 Å². The predicted molar refractivity (Wildman–Crippen MR) is 117 cm³/mol. The van der Waals surface area contributed by atoms with Crippen LogP contribution >= 0.6 is 11.6 Å². The summed E-state index contributed by atoms with van der Waals surface area (Å²) in [5.41, 5.74) is 8.83. The van der Waals surface area contributed by atoms with E-state index in [0.29, 0.717) is 16.8 Å². The molecule has 1 aliphatic carbocycles. The Hall–Kier alpha value is -2.90. The minimum Gasteiger partial charge on any atom is -0.431 e. The van der Waals surface area contributed by atoms with E-state index in [4.69, 9.17) is 21.8 Å². The van der Waals surface area contributed by atoms with Crippen molar-refractivity contribution in [3.05, 3.63) is 59.2 Å². The average molecular weight is 426 g/mol. The summed E-state index contributed by atoms with van der Waals surface area (Å²) in [6, 6.07) is 10.0. The summed E-state index contributed by atoms with van der Waals surface area (Å²) in [5.74, 6) is -0.447. The van der Waals surface area contributed by atoms with Gasteiger partial charge in [0, 0.05) is 24.3 Å². The molecule has 1 fully saturated rings. The quantitative estimate of drug-likeness (QED) is 0.530. The van der Waals surface area contributed by atoms with Crippen LogP contribution in [-0.2, 0) is 6.54 Å². The van der Waals surface area contributed by atoms with Crippen LogP contribution in [0.3, 0.4) is 0 Å². The second-order valence-electron chi connectivity index (χ2n) is 7.47. The van der Waals surface area contributed by atoms with Crippen molar-refractivity contribution >= 4 is 29.2 Å². The molecule has 4 rings (SSSR count). The fourth-order valence-electron chi connectivity index (χ4n) is 3.63. The first-order valence-corrected chi connectivity index (χ1v) is 10.5. The third kappa shape index (κ3) is 4.98. The van der Waals surface area contributed by atoms with Crippen LogP contribution in [0.2, 0.25) is 5.02 Å². The van der Waals surface area contributed by atoms with Crippen molar-refractivity contribution in [2.75, 3.05) is 11.1 Å². The Bertz CT molecular complexity index is 1010. The van der Waals surface area contributed by atoms with Gasteiger partial charge in [0.1, 0.15) is 6.26 Å². The van der Waals surface area contributed by atoms with Gasteiger partial charge in [0.2, 0.25) is 0 Å². The molecule has 0 radical (unpaired) electrons. The number of nitrogen functional groups attached to an aromatic ring is 1. The zero-order chi connectivity index (χ0) is 20.9. The molecule has 156 valence electrons. The Morgan fingerprint density at radius 3 is 2.67 bits per heavy atom. The molecule has 1 aromatic carbocycles. The summed E-state index contributed by atoms with van der Waals surface area (Å²) in [4.78, 5) is 20.7. The molecule has 30 heavy (non-hydrogen) atoms. The normalized spacial score (nSPS) is 14.6. The van der Waals surface area contributed by atoms with Gasteiger partial charge in [-0.2, -0.15) is 4.98 Å². The maximum atomic E-state index is 12.3. The lowest BCUT2D eigenvalue weighted by Gasteiger charge is -2.22. The van der Waals surface area contributed by atoms with Crippen molar-refractivity contribution in [1.82, 2.24) is 15.3 Å². The molecule has 1 amide bonds. The monoisotopic (exact) mass is 425 g/mol. The van der Waals surface area contributed by atoms with Gasteiger partial charge in [-0.15, -0.1) is 0 Å². The molecule has 2 heterocycles. The highest BCUT2D eigenvalue weighted by Gasteiger charge is 2.14. The van der Waals surface area contributed by atoms with Crippen LogP contribution in [-0.4, -0.2) is 21.9 Å². The number of hydrogen-bond donors (Lipinski definition) is 3. The van der Waals surface area contributed by atoms with Crippen LogP contribution in [0, 0.1) is 0 Å². The maximum absolute atomic E-state index is 12.3. The fraction of sp³-hybridized carbons (Fsp3) is 0.318. The van der Waals surface area contributed by atoms with Gasteiger partial charge in [0.05, 0.1) is 16.4 Å². The summed E-state index contributed by atoms with van der Waals surface area (Å²) in [7, 11) is 0. The fourth-order valence-corrected chi connectivity index (χ4v) is 3.80. The molecule has 0 unspecified atom stereocenters. The first kappa shape index (κ1) is 20.4. The number of halogens is 1. The highest BCUT2D eigenvalue weighted by molar-refractivity contribution is 6.34. The van der Waals surface area contributed by atoms with Gasteiger partial charge in [-0.3, -0.25) is 9.78 Å². The lowest BCUT2D eigenvalue weighted by atomic mass is 9.95. The van der Waals surface area contributed by atoms with Gasteiger partial charge >= 0.3 is 0 Å². The largest absolute Gasteiger partial charge is 0.431 e. The minimum absolute atomic E-state index is 0.0656. The number of oxazole rings is 1. The van der Waals surface area contributed by atoms with Crippen molar-refractivity contribution in [1.29, 1.82) is 0 Å². The molecule has 1 aliphatic rings. The topological polar surface area (TPSA) is 106 Å². The van der Waals surface area contributed by atoms with Gasteiger partial charge in [-0.25, -0.2) is 0 Å². The number of nitrogens with two attached hydrogens (primary N) is 1. The zero-order valence-corrected chi connectivity index (χ0v) is 17.3. The molecular formula is C22H24ClN5O2. The van der Waals surface area contributed by atoms with E-state index in [-0.39, 0.29) is 11.7 Å². The molecule has 0 bridgehead atoms. The molecule has 1 saturated carbocycles. The Morgan fingerprint density at radius 1 is 1.17 bits per heavy atom. The average Bonchev–Trinajstić information content (AvgIpc) is 3.21. The van der Waals surface area contributed by atoms with Gasteiger partial charge in [0.25, 0.3) is 11.9 Å². The molecule has 2 aromatic heterocycles. The van der Waals surface area contributed by atoms with E-state index in [2.05, 4.69) is 20.6 Å².